The van der Waals surface area contributed by atoms with Gasteiger partial charge in [0.1, 0.15) is 23.6 Å². The van der Waals surface area contributed by atoms with Crippen LogP contribution >= 0.6 is 11.3 Å². The molecule has 158 valence electrons. The zero-order valence-electron chi connectivity index (χ0n) is 17.1. The number of hydrogen-bond donors (Lipinski definition) is 2. The van der Waals surface area contributed by atoms with Gasteiger partial charge in [0.15, 0.2) is 4.88 Å². The minimum absolute atomic E-state index is 0.122. The Morgan fingerprint density at radius 3 is 2.77 bits per heavy atom. The molecular weight excluding hydrogens is 414 g/mol. The molecule has 8 heteroatoms. The largest absolute Gasteiger partial charge is 0.506 e. The summed E-state index contributed by atoms with van der Waals surface area (Å²) in [4.78, 5) is 21.1. The fourth-order valence-corrected chi connectivity index (χ4v) is 4.35. The first kappa shape index (κ1) is 20.6. The zero-order valence-corrected chi connectivity index (χ0v) is 17.9. The zero-order chi connectivity index (χ0) is 21.8. The molecule has 0 saturated heterocycles. The number of anilines is 1. The molecule has 2 aromatic carbocycles. The van der Waals surface area contributed by atoms with Gasteiger partial charge >= 0.3 is 5.97 Å². The number of thiophene rings is 1. The quantitative estimate of drug-likeness (QED) is 0.412. The Balaban J connectivity index is 1.51. The Morgan fingerprint density at radius 1 is 1.13 bits per heavy atom. The number of aromatic nitrogens is 2. The second-order valence-corrected chi connectivity index (χ2v) is 7.80. The molecule has 4 rings (SSSR count). The van der Waals surface area contributed by atoms with Crippen molar-refractivity contribution in [2.45, 2.75) is 6.42 Å². The molecule has 0 saturated carbocycles. The van der Waals surface area contributed by atoms with E-state index in [0.717, 1.165) is 34.5 Å². The lowest BCUT2D eigenvalue weighted by Crippen LogP contribution is -2.08. The monoisotopic (exact) mass is 435 g/mol. The fraction of sp³-hybridized carbons (Fsp3) is 0.174. The molecule has 0 aliphatic heterocycles. The Morgan fingerprint density at radius 2 is 1.97 bits per heavy atom. The lowest BCUT2D eigenvalue weighted by atomic mass is 10.0. The highest BCUT2D eigenvalue weighted by Crippen LogP contribution is 2.35. The standard InChI is InChI=1S/C23H21N3O4S/c1-29-19-8-7-14-5-3-4-6-15(14)16(19)9-10-24-21-11-17(25-13-26-21)20-12-18(27)22(31-20)23(28)30-2/h3-8,11-13,27H,9-10H2,1-2H3,(H,24,25,26). The molecule has 31 heavy (non-hydrogen) atoms. The van der Waals surface area contributed by atoms with Crippen LogP contribution < -0.4 is 10.1 Å². The summed E-state index contributed by atoms with van der Waals surface area (Å²) in [6, 6.07) is 15.6. The van der Waals surface area contributed by atoms with Crippen molar-refractivity contribution >= 4 is 33.9 Å². The molecule has 0 atom stereocenters. The molecule has 0 aliphatic carbocycles. The summed E-state index contributed by atoms with van der Waals surface area (Å²) in [6.07, 6.45) is 2.20. The summed E-state index contributed by atoms with van der Waals surface area (Å²) in [6.45, 7) is 0.643. The molecule has 0 bridgehead atoms. The van der Waals surface area contributed by atoms with Crippen LogP contribution in [0.25, 0.3) is 21.3 Å². The van der Waals surface area contributed by atoms with E-state index in [1.54, 1.807) is 13.2 Å². The normalized spacial score (nSPS) is 10.8. The summed E-state index contributed by atoms with van der Waals surface area (Å²) in [5.74, 6) is 0.804. The van der Waals surface area contributed by atoms with Crippen LogP contribution in [0.2, 0.25) is 0 Å². The Kier molecular flexibility index (Phi) is 5.99. The molecule has 0 fully saturated rings. The third-order valence-electron chi connectivity index (χ3n) is 4.90. The Hall–Kier alpha value is -3.65. The van der Waals surface area contributed by atoms with Crippen molar-refractivity contribution in [3.05, 3.63) is 65.3 Å². The number of nitrogens with zero attached hydrogens (tertiary/aromatic N) is 2. The minimum Gasteiger partial charge on any atom is -0.506 e. The SMILES string of the molecule is COC(=O)c1sc(-c2cc(NCCc3c(OC)ccc4ccccc34)ncn2)cc1O. The summed E-state index contributed by atoms with van der Waals surface area (Å²) in [5, 5.41) is 15.7. The number of nitrogens with one attached hydrogen (secondary N) is 1. The lowest BCUT2D eigenvalue weighted by molar-refractivity contribution is 0.0603. The Labute approximate surface area is 183 Å². The van der Waals surface area contributed by atoms with Gasteiger partial charge in [-0.25, -0.2) is 14.8 Å². The summed E-state index contributed by atoms with van der Waals surface area (Å²) in [7, 11) is 2.95. The van der Waals surface area contributed by atoms with Gasteiger partial charge in [0.25, 0.3) is 0 Å². The average Bonchev–Trinajstić information content (AvgIpc) is 3.20. The highest BCUT2D eigenvalue weighted by atomic mass is 32.1. The Bertz CT molecular complexity index is 1240. The van der Waals surface area contributed by atoms with Crippen LogP contribution in [0.3, 0.4) is 0 Å². The van der Waals surface area contributed by atoms with Crippen LogP contribution in [-0.2, 0) is 11.2 Å². The number of carbonyl (C=O) groups is 1. The van der Waals surface area contributed by atoms with E-state index in [1.165, 1.54) is 24.9 Å². The minimum atomic E-state index is -0.579. The number of aromatic hydroxyl groups is 1. The van der Waals surface area contributed by atoms with Crippen molar-refractivity contribution in [3.8, 4) is 22.1 Å². The summed E-state index contributed by atoms with van der Waals surface area (Å²) >= 11 is 1.12. The molecule has 7 nitrogen and oxygen atoms in total. The molecule has 0 aliphatic rings. The average molecular weight is 436 g/mol. The van der Waals surface area contributed by atoms with E-state index < -0.39 is 5.97 Å². The van der Waals surface area contributed by atoms with Crippen LogP contribution in [0.4, 0.5) is 5.82 Å². The molecule has 2 aromatic heterocycles. The maximum Gasteiger partial charge on any atom is 0.351 e. The molecular formula is C23H21N3O4S. The van der Waals surface area contributed by atoms with E-state index >= 15 is 0 Å². The van der Waals surface area contributed by atoms with Gasteiger partial charge < -0.3 is 19.9 Å². The second-order valence-electron chi connectivity index (χ2n) is 6.75. The van der Waals surface area contributed by atoms with E-state index in [9.17, 15) is 9.90 Å². The van der Waals surface area contributed by atoms with Crippen LogP contribution in [0.5, 0.6) is 11.5 Å². The van der Waals surface area contributed by atoms with E-state index in [4.69, 9.17) is 9.47 Å². The highest BCUT2D eigenvalue weighted by Gasteiger charge is 2.18. The van der Waals surface area contributed by atoms with Crippen molar-refractivity contribution < 1.29 is 19.4 Å². The fourth-order valence-electron chi connectivity index (χ4n) is 3.42. The van der Waals surface area contributed by atoms with Gasteiger partial charge in [-0.3, -0.25) is 0 Å². The van der Waals surface area contributed by atoms with Gasteiger partial charge in [-0.2, -0.15) is 0 Å². The van der Waals surface area contributed by atoms with Gasteiger partial charge in [-0.05, 0) is 23.3 Å². The van der Waals surface area contributed by atoms with Crippen LogP contribution in [-0.4, -0.2) is 41.8 Å². The molecule has 0 radical (unpaired) electrons. The first-order valence-electron chi connectivity index (χ1n) is 9.62. The van der Waals surface area contributed by atoms with E-state index in [-0.39, 0.29) is 10.6 Å². The highest BCUT2D eigenvalue weighted by molar-refractivity contribution is 7.17. The first-order valence-corrected chi connectivity index (χ1v) is 10.4. The van der Waals surface area contributed by atoms with Crippen LogP contribution in [0.1, 0.15) is 15.2 Å². The molecule has 2 N–H and O–H groups in total. The van der Waals surface area contributed by atoms with E-state index in [0.29, 0.717) is 22.9 Å². The number of ether oxygens (including phenoxy) is 2. The maximum atomic E-state index is 11.7. The van der Waals surface area contributed by atoms with Crippen molar-refractivity contribution in [1.29, 1.82) is 0 Å². The van der Waals surface area contributed by atoms with Gasteiger partial charge in [0.05, 0.1) is 24.8 Å². The molecule has 0 spiro atoms. The number of hydrogen-bond acceptors (Lipinski definition) is 8. The number of methoxy groups -OCH3 is 2. The van der Waals surface area contributed by atoms with Crippen molar-refractivity contribution in [3.63, 3.8) is 0 Å². The van der Waals surface area contributed by atoms with Gasteiger partial charge in [-0.1, -0.05) is 30.3 Å². The van der Waals surface area contributed by atoms with Gasteiger partial charge in [0, 0.05) is 24.2 Å². The van der Waals surface area contributed by atoms with Crippen molar-refractivity contribution in [2.24, 2.45) is 0 Å². The molecule has 4 aromatic rings. The van der Waals surface area contributed by atoms with Gasteiger partial charge in [0.2, 0.25) is 0 Å². The van der Waals surface area contributed by atoms with E-state index in [1.807, 2.05) is 18.2 Å². The number of rotatable bonds is 7. The first-order chi connectivity index (χ1) is 15.1. The predicted molar refractivity (Wildman–Crippen MR) is 121 cm³/mol. The van der Waals surface area contributed by atoms with Gasteiger partial charge in [-0.15, -0.1) is 11.3 Å². The predicted octanol–water partition coefficient (Wildman–Crippen LogP) is 4.51. The number of fused-ring (bicyclic) bond motifs is 1. The number of carbonyl (C=O) groups excluding carboxylic acids is 1. The number of esters is 1. The topological polar surface area (TPSA) is 93.6 Å². The third-order valence-corrected chi connectivity index (χ3v) is 6.03. The second kappa shape index (κ2) is 9.01. The third kappa shape index (κ3) is 4.29. The summed E-state index contributed by atoms with van der Waals surface area (Å²) in [5.41, 5.74) is 1.74. The number of benzene rings is 2. The lowest BCUT2D eigenvalue weighted by Gasteiger charge is -2.13. The molecule has 0 unspecified atom stereocenters. The van der Waals surface area contributed by atoms with Crippen LogP contribution in [0.15, 0.2) is 54.9 Å². The van der Waals surface area contributed by atoms with Crippen molar-refractivity contribution in [2.75, 3.05) is 26.1 Å². The molecule has 0 amide bonds. The summed E-state index contributed by atoms with van der Waals surface area (Å²) < 4.78 is 10.3. The van der Waals surface area contributed by atoms with Crippen LogP contribution in [0, 0.1) is 0 Å². The molecule has 2 heterocycles. The smallest absolute Gasteiger partial charge is 0.351 e. The maximum absolute atomic E-state index is 11.7. The van der Waals surface area contributed by atoms with Crippen molar-refractivity contribution in [1.82, 2.24) is 9.97 Å². The van der Waals surface area contributed by atoms with E-state index in [2.05, 4.69) is 33.5 Å².